The molecule has 22 heavy (non-hydrogen) atoms. The Kier molecular flexibility index (Phi) is 4.00. The predicted octanol–water partition coefficient (Wildman–Crippen LogP) is 3.00. The van der Waals surface area contributed by atoms with Gasteiger partial charge in [0.05, 0.1) is 18.7 Å². The van der Waals surface area contributed by atoms with Crippen LogP contribution in [-0.2, 0) is 11.2 Å². The van der Waals surface area contributed by atoms with Crippen LogP contribution in [0.25, 0.3) is 0 Å². The van der Waals surface area contributed by atoms with E-state index in [1.165, 1.54) is 5.56 Å². The Morgan fingerprint density at radius 3 is 2.77 bits per heavy atom. The monoisotopic (exact) mass is 296 g/mol. The Morgan fingerprint density at radius 2 is 2.00 bits per heavy atom. The van der Waals surface area contributed by atoms with Crippen molar-refractivity contribution in [1.29, 1.82) is 0 Å². The van der Waals surface area contributed by atoms with Crippen LogP contribution in [0.5, 0.6) is 5.75 Å². The van der Waals surface area contributed by atoms with Gasteiger partial charge < -0.3 is 15.0 Å². The van der Waals surface area contributed by atoms with E-state index in [4.69, 9.17) is 4.74 Å². The fraction of sp³-hybridized carbons (Fsp3) is 0.278. The molecule has 0 radical (unpaired) electrons. The molecule has 2 aromatic carbocycles. The topological polar surface area (TPSA) is 41.6 Å². The Bertz CT molecular complexity index is 680. The van der Waals surface area contributed by atoms with E-state index in [1.807, 2.05) is 56.4 Å². The molecule has 4 heteroatoms. The summed E-state index contributed by atoms with van der Waals surface area (Å²) in [6.45, 7) is 3.59. The van der Waals surface area contributed by atoms with Gasteiger partial charge in [-0.2, -0.15) is 0 Å². The van der Waals surface area contributed by atoms with E-state index in [2.05, 4.69) is 10.2 Å². The number of rotatable bonds is 3. The van der Waals surface area contributed by atoms with Crippen LogP contribution in [0.4, 0.5) is 11.4 Å². The summed E-state index contributed by atoms with van der Waals surface area (Å²) in [6, 6.07) is 13.8. The van der Waals surface area contributed by atoms with Crippen molar-refractivity contribution in [3.63, 3.8) is 0 Å². The number of amides is 1. The molecule has 0 aliphatic carbocycles. The van der Waals surface area contributed by atoms with E-state index in [0.29, 0.717) is 13.0 Å². The first-order chi connectivity index (χ1) is 10.6. The van der Waals surface area contributed by atoms with E-state index in [9.17, 15) is 4.79 Å². The van der Waals surface area contributed by atoms with Crippen LogP contribution in [-0.4, -0.2) is 26.1 Å². The average molecular weight is 296 g/mol. The van der Waals surface area contributed by atoms with Gasteiger partial charge in [0.2, 0.25) is 5.91 Å². The predicted molar refractivity (Wildman–Crippen MR) is 88.7 cm³/mol. The molecule has 0 atom stereocenters. The quantitative estimate of drug-likeness (QED) is 0.946. The average Bonchev–Trinajstić information content (AvgIpc) is 2.50. The van der Waals surface area contributed by atoms with Gasteiger partial charge in [-0.05, 0) is 30.7 Å². The number of likely N-dealkylation sites (N-methyl/N-ethyl adjacent to an activating group) is 1. The molecular weight excluding hydrogens is 276 g/mol. The van der Waals surface area contributed by atoms with Gasteiger partial charge in [-0.25, -0.2) is 0 Å². The minimum Gasteiger partial charge on any atom is -0.490 e. The number of hydrogen-bond acceptors (Lipinski definition) is 3. The number of nitrogens with zero attached hydrogens (tertiary/aromatic N) is 1. The van der Waals surface area contributed by atoms with Gasteiger partial charge in [-0.15, -0.1) is 0 Å². The molecule has 114 valence electrons. The SMILES string of the molecule is Cc1ccc(CC(=O)Nc2ccc3c(c2)N(C)CCO3)cc1. The first kappa shape index (κ1) is 14.4. The number of aryl methyl sites for hydroxylation is 1. The summed E-state index contributed by atoms with van der Waals surface area (Å²) in [7, 11) is 2.03. The smallest absolute Gasteiger partial charge is 0.228 e. The zero-order valence-electron chi connectivity index (χ0n) is 12.9. The van der Waals surface area contributed by atoms with Crippen LogP contribution in [0.3, 0.4) is 0 Å². The Hall–Kier alpha value is -2.49. The molecule has 1 heterocycles. The molecule has 0 fully saturated rings. The molecule has 2 aromatic rings. The highest BCUT2D eigenvalue weighted by atomic mass is 16.5. The third-order valence-corrected chi connectivity index (χ3v) is 3.82. The summed E-state index contributed by atoms with van der Waals surface area (Å²) in [5.74, 6) is 0.855. The largest absolute Gasteiger partial charge is 0.490 e. The maximum absolute atomic E-state index is 12.2. The summed E-state index contributed by atoms with van der Waals surface area (Å²) in [4.78, 5) is 14.3. The summed E-state index contributed by atoms with van der Waals surface area (Å²) < 4.78 is 5.61. The lowest BCUT2D eigenvalue weighted by atomic mass is 10.1. The van der Waals surface area contributed by atoms with Gasteiger partial charge in [0, 0.05) is 12.7 Å². The van der Waals surface area contributed by atoms with Gasteiger partial charge in [-0.3, -0.25) is 4.79 Å². The van der Waals surface area contributed by atoms with Crippen molar-refractivity contribution in [3.05, 3.63) is 53.6 Å². The van der Waals surface area contributed by atoms with Gasteiger partial charge in [0.25, 0.3) is 0 Å². The molecule has 0 bridgehead atoms. The number of fused-ring (bicyclic) bond motifs is 1. The standard InChI is InChI=1S/C18H20N2O2/c1-13-3-5-14(6-4-13)11-18(21)19-15-7-8-17-16(12-15)20(2)9-10-22-17/h3-8,12H,9-11H2,1-2H3,(H,19,21). The number of benzene rings is 2. The Morgan fingerprint density at radius 1 is 1.23 bits per heavy atom. The fourth-order valence-corrected chi connectivity index (χ4v) is 2.52. The molecule has 4 nitrogen and oxygen atoms in total. The van der Waals surface area contributed by atoms with Gasteiger partial charge in [0.1, 0.15) is 12.4 Å². The first-order valence-electron chi connectivity index (χ1n) is 7.45. The highest BCUT2D eigenvalue weighted by Crippen LogP contribution is 2.33. The number of carbonyl (C=O) groups excluding carboxylic acids is 1. The van der Waals surface area contributed by atoms with Gasteiger partial charge in [0.15, 0.2) is 0 Å². The molecule has 0 saturated carbocycles. The van der Waals surface area contributed by atoms with Crippen molar-refractivity contribution in [1.82, 2.24) is 0 Å². The third kappa shape index (κ3) is 3.22. The normalized spacial score (nSPS) is 13.3. The highest BCUT2D eigenvalue weighted by molar-refractivity contribution is 5.93. The molecule has 1 aliphatic rings. The number of anilines is 2. The Balaban J connectivity index is 1.69. The van der Waals surface area contributed by atoms with Crippen molar-refractivity contribution in [2.24, 2.45) is 0 Å². The van der Waals surface area contributed by atoms with Gasteiger partial charge >= 0.3 is 0 Å². The number of ether oxygens (including phenoxy) is 1. The maximum Gasteiger partial charge on any atom is 0.228 e. The molecular formula is C18H20N2O2. The molecule has 0 aromatic heterocycles. The Labute approximate surface area is 130 Å². The molecule has 3 rings (SSSR count). The lowest BCUT2D eigenvalue weighted by Gasteiger charge is -2.28. The zero-order valence-corrected chi connectivity index (χ0v) is 12.9. The second-order valence-corrected chi connectivity index (χ2v) is 5.66. The van der Waals surface area contributed by atoms with E-state index >= 15 is 0 Å². The molecule has 0 unspecified atom stereocenters. The number of carbonyl (C=O) groups is 1. The number of nitrogens with one attached hydrogen (secondary N) is 1. The van der Waals surface area contributed by atoms with E-state index in [-0.39, 0.29) is 5.91 Å². The van der Waals surface area contributed by atoms with Crippen LogP contribution in [0.15, 0.2) is 42.5 Å². The molecule has 0 spiro atoms. The minimum atomic E-state index is -0.0109. The van der Waals surface area contributed by atoms with E-state index in [0.717, 1.165) is 29.2 Å². The van der Waals surface area contributed by atoms with Crippen molar-refractivity contribution in [2.45, 2.75) is 13.3 Å². The van der Waals surface area contributed by atoms with Crippen LogP contribution in [0.1, 0.15) is 11.1 Å². The van der Waals surface area contributed by atoms with E-state index < -0.39 is 0 Å². The van der Waals surface area contributed by atoms with E-state index in [1.54, 1.807) is 0 Å². The first-order valence-corrected chi connectivity index (χ1v) is 7.45. The van der Waals surface area contributed by atoms with Crippen molar-refractivity contribution in [2.75, 3.05) is 30.4 Å². The maximum atomic E-state index is 12.2. The fourth-order valence-electron chi connectivity index (χ4n) is 2.52. The van der Waals surface area contributed by atoms with Crippen molar-refractivity contribution < 1.29 is 9.53 Å². The van der Waals surface area contributed by atoms with Crippen LogP contribution in [0, 0.1) is 6.92 Å². The summed E-state index contributed by atoms with van der Waals surface area (Å²) in [5.41, 5.74) is 4.02. The summed E-state index contributed by atoms with van der Waals surface area (Å²) >= 11 is 0. The third-order valence-electron chi connectivity index (χ3n) is 3.82. The van der Waals surface area contributed by atoms with Crippen molar-refractivity contribution >= 4 is 17.3 Å². The molecule has 1 amide bonds. The van der Waals surface area contributed by atoms with Crippen LogP contribution < -0.4 is 15.0 Å². The second kappa shape index (κ2) is 6.10. The summed E-state index contributed by atoms with van der Waals surface area (Å²) in [6.07, 6.45) is 0.379. The molecule has 1 N–H and O–H groups in total. The second-order valence-electron chi connectivity index (χ2n) is 5.66. The molecule has 0 saturated heterocycles. The van der Waals surface area contributed by atoms with Crippen LogP contribution in [0.2, 0.25) is 0 Å². The summed E-state index contributed by atoms with van der Waals surface area (Å²) in [5, 5.41) is 2.95. The zero-order chi connectivity index (χ0) is 15.5. The lowest BCUT2D eigenvalue weighted by Crippen LogP contribution is -2.28. The minimum absolute atomic E-state index is 0.0109. The van der Waals surface area contributed by atoms with Crippen LogP contribution >= 0.6 is 0 Å². The highest BCUT2D eigenvalue weighted by Gasteiger charge is 2.15. The lowest BCUT2D eigenvalue weighted by molar-refractivity contribution is -0.115. The number of hydrogen-bond donors (Lipinski definition) is 1. The van der Waals surface area contributed by atoms with Crippen molar-refractivity contribution in [3.8, 4) is 5.75 Å². The molecule has 1 aliphatic heterocycles. The van der Waals surface area contributed by atoms with Gasteiger partial charge in [-0.1, -0.05) is 29.8 Å².